The van der Waals surface area contributed by atoms with E-state index in [1.165, 1.54) is 19.2 Å². The first-order valence-electron chi connectivity index (χ1n) is 4.89. The van der Waals surface area contributed by atoms with Crippen molar-refractivity contribution >= 4 is 11.6 Å². The quantitative estimate of drug-likeness (QED) is 0.637. The average molecular weight is 249 g/mol. The fraction of sp³-hybridized carbons (Fsp3) is 0.100. The van der Waals surface area contributed by atoms with Crippen LogP contribution >= 0.6 is 0 Å². The minimum absolute atomic E-state index is 0.0334. The highest BCUT2D eigenvalue weighted by molar-refractivity contribution is 5.71. The van der Waals surface area contributed by atoms with Gasteiger partial charge in [-0.05, 0) is 13.0 Å². The third kappa shape index (κ3) is 1.95. The number of hydrogen-bond acceptors (Lipinski definition) is 6. The monoisotopic (exact) mass is 249 g/mol. The van der Waals surface area contributed by atoms with Crippen LogP contribution in [0.25, 0.3) is 11.3 Å². The van der Waals surface area contributed by atoms with Gasteiger partial charge in [0.05, 0.1) is 11.1 Å². The van der Waals surface area contributed by atoms with Gasteiger partial charge in [-0.15, -0.1) is 0 Å². The van der Waals surface area contributed by atoms with E-state index < -0.39 is 10.7 Å². The van der Waals surface area contributed by atoms with Crippen molar-refractivity contribution in [3.8, 4) is 11.3 Å². The standard InChI is InChI=1S/C10H8FN5O2/c1-5-9(16(17)18)8(15-10(12)14-5)6-2-3-13-4-7(6)11/h2-4H,1H3,(H2,12,14,15). The van der Waals surface area contributed by atoms with Gasteiger partial charge in [0.2, 0.25) is 5.95 Å². The van der Waals surface area contributed by atoms with E-state index in [2.05, 4.69) is 15.0 Å². The number of halogens is 1. The molecule has 0 aliphatic carbocycles. The molecule has 2 aromatic rings. The zero-order valence-electron chi connectivity index (χ0n) is 9.29. The molecule has 0 unspecified atom stereocenters. The molecule has 0 atom stereocenters. The van der Waals surface area contributed by atoms with Crippen LogP contribution in [0.4, 0.5) is 16.0 Å². The number of nitrogens with zero attached hydrogens (tertiary/aromatic N) is 4. The largest absolute Gasteiger partial charge is 0.368 e. The minimum Gasteiger partial charge on any atom is -0.368 e. The predicted octanol–water partition coefficient (Wildman–Crippen LogP) is 1.48. The number of nitrogen functional groups attached to an aromatic ring is 1. The first kappa shape index (κ1) is 11.8. The number of aromatic nitrogens is 3. The van der Waals surface area contributed by atoms with E-state index in [4.69, 9.17) is 5.73 Å². The van der Waals surface area contributed by atoms with Crippen LogP contribution in [0.15, 0.2) is 18.5 Å². The van der Waals surface area contributed by atoms with Crippen molar-refractivity contribution in [2.24, 2.45) is 0 Å². The topological polar surface area (TPSA) is 108 Å². The molecule has 2 heterocycles. The second kappa shape index (κ2) is 4.32. The van der Waals surface area contributed by atoms with Crippen LogP contribution in [0.1, 0.15) is 5.69 Å². The second-order valence-electron chi connectivity index (χ2n) is 3.48. The average Bonchev–Trinajstić information content (AvgIpc) is 2.27. The molecular weight excluding hydrogens is 241 g/mol. The van der Waals surface area contributed by atoms with Crippen molar-refractivity contribution in [3.63, 3.8) is 0 Å². The van der Waals surface area contributed by atoms with Crippen LogP contribution in [-0.2, 0) is 0 Å². The Bertz CT molecular complexity index is 632. The first-order chi connectivity index (χ1) is 8.50. The summed E-state index contributed by atoms with van der Waals surface area (Å²) in [6, 6.07) is 1.30. The van der Waals surface area contributed by atoms with Gasteiger partial charge >= 0.3 is 5.69 Å². The van der Waals surface area contributed by atoms with Crippen LogP contribution in [-0.4, -0.2) is 19.9 Å². The van der Waals surface area contributed by atoms with E-state index in [-0.39, 0.29) is 28.6 Å². The van der Waals surface area contributed by atoms with Crippen molar-refractivity contribution in [3.05, 3.63) is 40.1 Å². The SMILES string of the molecule is Cc1nc(N)nc(-c2ccncc2F)c1[N+](=O)[O-]. The highest BCUT2D eigenvalue weighted by Gasteiger charge is 2.24. The van der Waals surface area contributed by atoms with Gasteiger partial charge in [0, 0.05) is 11.8 Å². The lowest BCUT2D eigenvalue weighted by Gasteiger charge is -2.05. The lowest BCUT2D eigenvalue weighted by molar-refractivity contribution is -0.385. The zero-order valence-corrected chi connectivity index (χ0v) is 9.29. The maximum absolute atomic E-state index is 13.6. The zero-order chi connectivity index (χ0) is 13.3. The molecule has 0 saturated carbocycles. The van der Waals surface area contributed by atoms with Gasteiger partial charge in [0.1, 0.15) is 5.69 Å². The number of hydrogen-bond donors (Lipinski definition) is 1. The summed E-state index contributed by atoms with van der Waals surface area (Å²) in [5, 5.41) is 11.0. The summed E-state index contributed by atoms with van der Waals surface area (Å²) in [5.41, 5.74) is 4.97. The fourth-order valence-electron chi connectivity index (χ4n) is 1.56. The number of nitrogens with two attached hydrogens (primary N) is 1. The van der Waals surface area contributed by atoms with Crippen LogP contribution in [0, 0.1) is 22.9 Å². The molecular formula is C10H8FN5O2. The third-order valence-electron chi connectivity index (χ3n) is 2.29. The summed E-state index contributed by atoms with van der Waals surface area (Å²) < 4.78 is 13.6. The van der Waals surface area contributed by atoms with Gasteiger partial charge in [0.25, 0.3) is 0 Å². The lowest BCUT2D eigenvalue weighted by Crippen LogP contribution is -2.05. The summed E-state index contributed by atoms with van der Waals surface area (Å²) in [6.45, 7) is 1.42. The number of pyridine rings is 1. The molecule has 7 nitrogen and oxygen atoms in total. The molecule has 0 fully saturated rings. The molecule has 0 bridgehead atoms. The van der Waals surface area contributed by atoms with Gasteiger partial charge in [-0.25, -0.2) is 14.4 Å². The van der Waals surface area contributed by atoms with Gasteiger partial charge in [-0.3, -0.25) is 15.1 Å². The maximum atomic E-state index is 13.6. The van der Waals surface area contributed by atoms with E-state index in [0.717, 1.165) is 6.20 Å². The van der Waals surface area contributed by atoms with E-state index in [1.807, 2.05) is 0 Å². The third-order valence-corrected chi connectivity index (χ3v) is 2.29. The Hall–Kier alpha value is -2.64. The number of nitro groups is 1. The van der Waals surface area contributed by atoms with Crippen molar-refractivity contribution < 1.29 is 9.31 Å². The molecule has 0 radical (unpaired) electrons. The second-order valence-corrected chi connectivity index (χ2v) is 3.48. The van der Waals surface area contributed by atoms with Crippen molar-refractivity contribution in [1.29, 1.82) is 0 Å². The highest BCUT2D eigenvalue weighted by Crippen LogP contribution is 2.31. The van der Waals surface area contributed by atoms with Crippen LogP contribution < -0.4 is 5.73 Å². The molecule has 18 heavy (non-hydrogen) atoms. The van der Waals surface area contributed by atoms with E-state index in [1.54, 1.807) is 0 Å². The Balaban J connectivity index is 2.78. The Labute approximate surface area is 101 Å². The number of anilines is 1. The predicted molar refractivity (Wildman–Crippen MR) is 61.0 cm³/mol. The van der Waals surface area contributed by atoms with Gasteiger partial charge in [-0.2, -0.15) is 0 Å². The molecule has 8 heteroatoms. The summed E-state index contributed by atoms with van der Waals surface area (Å²) in [5.74, 6) is -0.859. The Morgan fingerprint density at radius 3 is 2.78 bits per heavy atom. The molecule has 2 aromatic heterocycles. The van der Waals surface area contributed by atoms with Crippen LogP contribution in [0.5, 0.6) is 0 Å². The summed E-state index contributed by atoms with van der Waals surface area (Å²) in [7, 11) is 0. The molecule has 0 aliphatic heterocycles. The normalized spacial score (nSPS) is 10.3. The molecule has 2 N–H and O–H groups in total. The molecule has 92 valence electrons. The van der Waals surface area contributed by atoms with E-state index >= 15 is 0 Å². The lowest BCUT2D eigenvalue weighted by atomic mass is 10.1. The van der Waals surface area contributed by atoms with Gasteiger partial charge in [-0.1, -0.05) is 0 Å². The highest BCUT2D eigenvalue weighted by atomic mass is 19.1. The van der Waals surface area contributed by atoms with Gasteiger partial charge < -0.3 is 5.73 Å². The molecule has 0 amide bonds. The van der Waals surface area contributed by atoms with Crippen molar-refractivity contribution in [2.75, 3.05) is 5.73 Å². The fourth-order valence-corrected chi connectivity index (χ4v) is 1.56. The molecule has 0 aromatic carbocycles. The molecule has 0 spiro atoms. The summed E-state index contributed by atoms with van der Waals surface area (Å²) in [6.07, 6.45) is 2.27. The van der Waals surface area contributed by atoms with Crippen molar-refractivity contribution in [1.82, 2.24) is 15.0 Å². The Kier molecular flexibility index (Phi) is 2.84. The number of rotatable bonds is 2. The van der Waals surface area contributed by atoms with Crippen LogP contribution in [0.3, 0.4) is 0 Å². The Morgan fingerprint density at radius 1 is 1.44 bits per heavy atom. The van der Waals surface area contributed by atoms with E-state index in [9.17, 15) is 14.5 Å². The summed E-state index contributed by atoms with van der Waals surface area (Å²) in [4.78, 5) is 21.3. The molecule has 2 rings (SSSR count). The van der Waals surface area contributed by atoms with Gasteiger partial charge in [0.15, 0.2) is 11.5 Å². The molecule has 0 aliphatic rings. The first-order valence-corrected chi connectivity index (χ1v) is 4.89. The Morgan fingerprint density at radius 2 is 2.17 bits per heavy atom. The summed E-state index contributed by atoms with van der Waals surface area (Å²) >= 11 is 0. The maximum Gasteiger partial charge on any atom is 0.316 e. The van der Waals surface area contributed by atoms with Crippen LogP contribution in [0.2, 0.25) is 0 Å². The van der Waals surface area contributed by atoms with E-state index in [0.29, 0.717) is 0 Å². The molecule has 0 saturated heterocycles. The van der Waals surface area contributed by atoms with Crippen molar-refractivity contribution in [2.45, 2.75) is 6.92 Å². The minimum atomic E-state index is -0.710. The smallest absolute Gasteiger partial charge is 0.316 e. The number of aryl methyl sites for hydroxylation is 1.